The third-order valence-electron chi connectivity index (χ3n) is 9.27. The topological polar surface area (TPSA) is 17.0 Å². The molecule has 7 rings (SSSR count). The van der Waals surface area contributed by atoms with Gasteiger partial charge in [-0.1, -0.05) is 60.7 Å². The van der Waals surface area contributed by atoms with Crippen molar-refractivity contribution < 1.29 is 13.4 Å². The Morgan fingerprint density at radius 1 is 0.659 bits per heavy atom. The highest BCUT2D eigenvalue weighted by Crippen LogP contribution is 2.44. The Morgan fingerprint density at radius 3 is 2.02 bits per heavy atom. The maximum absolute atomic E-state index is 15.7. The molecule has 0 saturated heterocycles. The van der Waals surface area contributed by atoms with Crippen molar-refractivity contribution in [3.8, 4) is 22.4 Å². The van der Waals surface area contributed by atoms with Gasteiger partial charge in [-0.3, -0.25) is 0 Å². The van der Waals surface area contributed by atoms with Gasteiger partial charge in [0, 0.05) is 22.9 Å². The van der Waals surface area contributed by atoms with Gasteiger partial charge in [-0.05, 0) is 97.4 Å². The van der Waals surface area contributed by atoms with Crippen molar-refractivity contribution in [3.05, 3.63) is 125 Å². The number of hydrogen-bond acceptors (Lipinski definition) is 1. The van der Waals surface area contributed by atoms with E-state index in [-0.39, 0.29) is 5.82 Å². The summed E-state index contributed by atoms with van der Waals surface area (Å²) in [5.41, 5.74) is 10.0. The van der Waals surface area contributed by atoms with Crippen LogP contribution in [-0.2, 0) is 7.05 Å². The summed E-state index contributed by atoms with van der Waals surface area (Å²) in [5.74, 6) is 0.949. The van der Waals surface area contributed by atoms with Crippen LogP contribution in [0.4, 0.5) is 4.39 Å². The van der Waals surface area contributed by atoms with Crippen LogP contribution < -0.4 is 4.57 Å². The van der Waals surface area contributed by atoms with E-state index in [0.717, 1.165) is 44.3 Å². The van der Waals surface area contributed by atoms with E-state index in [2.05, 4.69) is 85.1 Å². The summed E-state index contributed by atoms with van der Waals surface area (Å²) in [7, 11) is 2.04. The smallest absolute Gasteiger partial charge is 0.216 e. The summed E-state index contributed by atoms with van der Waals surface area (Å²) < 4.78 is 24.4. The SMILES string of the molecule is Cc1cc(C2CCC(c3ccccc3)CC2)ccc1-c1c(F)ccc2c1oc1c(-c3cccc[n+]3C)c(C)ccc12. The van der Waals surface area contributed by atoms with Gasteiger partial charge in [-0.2, -0.15) is 0 Å². The van der Waals surface area contributed by atoms with Gasteiger partial charge in [0.05, 0.1) is 11.1 Å². The number of hydrogen-bond donors (Lipinski definition) is 0. The Morgan fingerprint density at radius 2 is 1.32 bits per heavy atom. The van der Waals surface area contributed by atoms with Crippen LogP contribution in [0, 0.1) is 19.7 Å². The van der Waals surface area contributed by atoms with Crippen LogP contribution in [0.15, 0.2) is 102 Å². The number of furan rings is 1. The summed E-state index contributed by atoms with van der Waals surface area (Å²) in [6.45, 7) is 4.21. The molecular weight excluding hydrogens is 505 g/mol. The van der Waals surface area contributed by atoms with Crippen LogP contribution in [0.5, 0.6) is 0 Å². The normalized spacial score (nSPS) is 17.4. The molecule has 0 bridgehead atoms. The highest BCUT2D eigenvalue weighted by Gasteiger charge is 2.26. The van der Waals surface area contributed by atoms with E-state index in [4.69, 9.17) is 4.42 Å². The highest BCUT2D eigenvalue weighted by atomic mass is 19.1. The molecule has 1 fully saturated rings. The Balaban J connectivity index is 1.28. The van der Waals surface area contributed by atoms with E-state index in [9.17, 15) is 0 Å². The molecule has 4 aromatic carbocycles. The first kappa shape index (κ1) is 25.7. The van der Waals surface area contributed by atoms with Crippen LogP contribution in [-0.4, -0.2) is 0 Å². The standard InChI is InChI=1S/C38H35FNO/c1-24-12-18-31-32-20-21-33(39)36(38(32)41-37(31)35(24)34-11-7-8-22-40(34)3)30-19-17-29(23-25(30)2)28-15-13-27(14-16-28)26-9-5-4-6-10-26/h4-12,17-23,27-28H,13-16H2,1-3H3/q+1. The number of benzene rings is 4. The van der Waals surface area contributed by atoms with Gasteiger partial charge < -0.3 is 4.42 Å². The molecule has 0 atom stereocenters. The van der Waals surface area contributed by atoms with E-state index >= 15 is 4.39 Å². The van der Waals surface area contributed by atoms with Gasteiger partial charge in [0.15, 0.2) is 6.20 Å². The number of nitrogens with zero attached hydrogens (tertiary/aromatic N) is 1. The van der Waals surface area contributed by atoms with E-state index < -0.39 is 0 Å². The van der Waals surface area contributed by atoms with E-state index in [1.54, 1.807) is 6.07 Å². The molecule has 2 nitrogen and oxygen atoms in total. The lowest BCUT2D eigenvalue weighted by molar-refractivity contribution is -0.660. The fourth-order valence-electron chi connectivity index (χ4n) is 7.04. The van der Waals surface area contributed by atoms with Crippen LogP contribution >= 0.6 is 0 Å². The number of pyridine rings is 1. The summed E-state index contributed by atoms with van der Waals surface area (Å²) >= 11 is 0. The first-order valence-corrected chi connectivity index (χ1v) is 14.7. The largest absolute Gasteiger partial charge is 0.454 e. The molecule has 0 aliphatic heterocycles. The Kier molecular flexibility index (Phi) is 6.46. The lowest BCUT2D eigenvalue weighted by Gasteiger charge is -2.29. The van der Waals surface area contributed by atoms with E-state index in [1.807, 2.05) is 31.4 Å². The second-order valence-corrected chi connectivity index (χ2v) is 11.8. The van der Waals surface area contributed by atoms with Crippen molar-refractivity contribution in [1.29, 1.82) is 0 Å². The minimum absolute atomic E-state index is 0.251. The molecule has 0 radical (unpaired) electrons. The molecule has 2 aromatic heterocycles. The van der Waals surface area contributed by atoms with Crippen LogP contribution in [0.2, 0.25) is 0 Å². The quantitative estimate of drug-likeness (QED) is 0.203. The van der Waals surface area contributed by atoms with Crippen molar-refractivity contribution in [2.24, 2.45) is 7.05 Å². The Labute approximate surface area is 241 Å². The van der Waals surface area contributed by atoms with Crippen LogP contribution in [0.25, 0.3) is 44.3 Å². The zero-order valence-electron chi connectivity index (χ0n) is 24.0. The third-order valence-corrected chi connectivity index (χ3v) is 9.27. The Hall–Kier alpha value is -4.24. The summed E-state index contributed by atoms with van der Waals surface area (Å²) in [5, 5.41) is 1.95. The van der Waals surface area contributed by atoms with Gasteiger partial charge >= 0.3 is 0 Å². The van der Waals surface area contributed by atoms with E-state index in [0.29, 0.717) is 23.0 Å². The first-order valence-electron chi connectivity index (χ1n) is 14.7. The summed E-state index contributed by atoms with van der Waals surface area (Å²) in [6.07, 6.45) is 6.84. The number of rotatable bonds is 4. The van der Waals surface area contributed by atoms with Gasteiger partial charge in [-0.25, -0.2) is 8.96 Å². The molecule has 0 amide bonds. The first-order chi connectivity index (χ1) is 20.0. The molecule has 2 heterocycles. The van der Waals surface area contributed by atoms with Crippen LogP contribution in [0.3, 0.4) is 0 Å². The molecule has 6 aromatic rings. The number of aryl methyl sites for hydroxylation is 3. The summed E-state index contributed by atoms with van der Waals surface area (Å²) in [6, 6.07) is 31.4. The highest BCUT2D eigenvalue weighted by molar-refractivity contribution is 6.13. The van der Waals surface area contributed by atoms with Crippen molar-refractivity contribution in [2.45, 2.75) is 51.4 Å². The average molecular weight is 541 g/mol. The molecular formula is C38H35FNO+. The molecule has 1 aliphatic carbocycles. The predicted octanol–water partition coefficient (Wildman–Crippen LogP) is 9.94. The van der Waals surface area contributed by atoms with Crippen molar-refractivity contribution in [1.82, 2.24) is 0 Å². The number of aromatic nitrogens is 1. The monoisotopic (exact) mass is 540 g/mol. The maximum atomic E-state index is 15.7. The predicted molar refractivity (Wildman–Crippen MR) is 166 cm³/mol. The molecule has 1 saturated carbocycles. The van der Waals surface area contributed by atoms with Gasteiger partial charge in [0.1, 0.15) is 24.0 Å². The van der Waals surface area contributed by atoms with Gasteiger partial charge in [0.25, 0.3) is 0 Å². The lowest BCUT2D eigenvalue weighted by Crippen LogP contribution is -2.30. The minimum Gasteiger partial charge on any atom is -0.454 e. The van der Waals surface area contributed by atoms with Gasteiger partial charge in [0.2, 0.25) is 5.69 Å². The minimum atomic E-state index is -0.251. The second kappa shape index (κ2) is 10.3. The van der Waals surface area contributed by atoms with E-state index in [1.165, 1.54) is 36.8 Å². The average Bonchev–Trinajstić information content (AvgIpc) is 3.37. The molecule has 0 N–H and O–H groups in total. The molecule has 204 valence electrons. The van der Waals surface area contributed by atoms with Crippen molar-refractivity contribution in [3.63, 3.8) is 0 Å². The summed E-state index contributed by atoms with van der Waals surface area (Å²) in [4.78, 5) is 0. The lowest BCUT2D eigenvalue weighted by atomic mass is 9.76. The van der Waals surface area contributed by atoms with Gasteiger partial charge in [-0.15, -0.1) is 0 Å². The van der Waals surface area contributed by atoms with Crippen LogP contribution in [0.1, 0.15) is 59.8 Å². The fraction of sp³-hybridized carbons (Fsp3) is 0.237. The number of halogens is 1. The van der Waals surface area contributed by atoms with Crippen molar-refractivity contribution >= 4 is 21.9 Å². The molecule has 0 spiro atoms. The fourth-order valence-corrected chi connectivity index (χ4v) is 7.04. The zero-order chi connectivity index (χ0) is 28.1. The second-order valence-electron chi connectivity index (χ2n) is 11.8. The number of fused-ring (bicyclic) bond motifs is 3. The molecule has 41 heavy (non-hydrogen) atoms. The zero-order valence-corrected chi connectivity index (χ0v) is 24.0. The third kappa shape index (κ3) is 4.44. The molecule has 3 heteroatoms. The molecule has 1 aliphatic rings. The van der Waals surface area contributed by atoms with Crippen molar-refractivity contribution in [2.75, 3.05) is 0 Å². The Bertz CT molecular complexity index is 1890. The maximum Gasteiger partial charge on any atom is 0.216 e. The molecule has 0 unspecified atom stereocenters.